The summed E-state index contributed by atoms with van der Waals surface area (Å²) in [5.41, 5.74) is 17.5. The van der Waals surface area contributed by atoms with E-state index in [0.29, 0.717) is 0 Å². The molecule has 0 amide bonds. The topological polar surface area (TPSA) is 333 Å². The van der Waals surface area contributed by atoms with E-state index in [9.17, 15) is 50.5 Å². The van der Waals surface area contributed by atoms with Crippen LogP contribution >= 0.6 is 7.82 Å². The normalized spacial score (nSPS) is 49.9. The van der Waals surface area contributed by atoms with E-state index in [1.165, 1.54) is 0 Å². The third-order valence-corrected chi connectivity index (χ3v) is 7.88. The summed E-state index contributed by atoms with van der Waals surface area (Å²) in [6.45, 7) is -2.47. The van der Waals surface area contributed by atoms with E-state index < -0.39 is 120 Å². The fraction of sp³-hybridized carbons (Fsp3) is 1.00. The number of rotatable bonds is 9. The van der Waals surface area contributed by atoms with E-state index in [-0.39, 0.29) is 0 Å². The number of phosphoric ester groups is 1. The van der Waals surface area contributed by atoms with Crippen LogP contribution in [0.25, 0.3) is 0 Å². The van der Waals surface area contributed by atoms with Gasteiger partial charge in [-0.3, -0.25) is 13.6 Å². The molecule has 15 atom stereocenters. The Hall–Kier alpha value is -0.490. The zero-order valence-corrected chi connectivity index (χ0v) is 20.7. The minimum absolute atomic E-state index is 0.825. The van der Waals surface area contributed by atoms with Crippen molar-refractivity contribution in [2.75, 3.05) is 19.8 Å². The van der Waals surface area contributed by atoms with Crippen molar-refractivity contribution < 1.29 is 78.3 Å². The van der Waals surface area contributed by atoms with Gasteiger partial charge < -0.3 is 77.4 Å². The molecule has 3 unspecified atom stereocenters. The van der Waals surface area contributed by atoms with Gasteiger partial charge in [-0.25, -0.2) is 4.57 Å². The van der Waals surface area contributed by atoms with Gasteiger partial charge in [0.05, 0.1) is 37.9 Å². The summed E-state index contributed by atoms with van der Waals surface area (Å²) < 4.78 is 45.7. The van der Waals surface area contributed by atoms with Crippen LogP contribution in [0.3, 0.4) is 0 Å². The molecule has 38 heavy (non-hydrogen) atoms. The minimum atomic E-state index is -5.22. The highest BCUT2D eigenvalue weighted by atomic mass is 31.2. The summed E-state index contributed by atoms with van der Waals surface area (Å²) in [6, 6.07) is -4.82. The SMILES string of the molecule is N[C@H]1C(OP(=O)(OC2O[C@H](CO)[C@@H](O)[C@H](O)[C@H]2N)OC2O[C@H](CO)[C@@H](O)[C@H](O)[C@H]2N)O[C@H](CO)[C@@H](O)[C@@H]1O. The van der Waals surface area contributed by atoms with Crippen LogP contribution in [0.1, 0.15) is 0 Å². The zero-order valence-electron chi connectivity index (χ0n) is 19.8. The minimum Gasteiger partial charge on any atom is -0.394 e. The van der Waals surface area contributed by atoms with Crippen LogP contribution in [0.15, 0.2) is 0 Å². The second-order valence-electron chi connectivity index (χ2n) is 9.12. The van der Waals surface area contributed by atoms with E-state index in [4.69, 9.17) is 45.0 Å². The zero-order chi connectivity index (χ0) is 28.5. The molecule has 0 radical (unpaired) electrons. The quantitative estimate of drug-likeness (QED) is 0.112. The second-order valence-corrected chi connectivity index (χ2v) is 10.6. The molecule has 0 bridgehead atoms. The number of hydrogen-bond acceptors (Lipinski definition) is 19. The molecule has 19 nitrogen and oxygen atoms in total. The van der Waals surface area contributed by atoms with Crippen LogP contribution in [-0.4, -0.2) is 158 Å². The molecule has 3 fully saturated rings. The Morgan fingerprint density at radius 3 is 0.974 bits per heavy atom. The average molecular weight is 581 g/mol. The van der Waals surface area contributed by atoms with Crippen molar-refractivity contribution >= 4 is 7.82 Å². The lowest BCUT2D eigenvalue weighted by Gasteiger charge is -2.44. The summed E-state index contributed by atoms with van der Waals surface area (Å²) in [5.74, 6) is 0. The molecule has 0 spiro atoms. The van der Waals surface area contributed by atoms with Crippen molar-refractivity contribution in [3.05, 3.63) is 0 Å². The summed E-state index contributed by atoms with van der Waals surface area (Å²) >= 11 is 0. The van der Waals surface area contributed by atoms with Crippen LogP contribution in [0.5, 0.6) is 0 Å². The van der Waals surface area contributed by atoms with Crippen LogP contribution < -0.4 is 17.2 Å². The maximum absolute atomic E-state index is 13.9. The molecule has 3 saturated heterocycles. The Balaban J connectivity index is 1.91. The van der Waals surface area contributed by atoms with Gasteiger partial charge in [0.15, 0.2) is 18.9 Å². The Labute approximate surface area is 215 Å². The first-order chi connectivity index (χ1) is 17.8. The van der Waals surface area contributed by atoms with Crippen molar-refractivity contribution in [2.24, 2.45) is 17.2 Å². The summed E-state index contributed by atoms with van der Waals surface area (Å²) in [6.07, 6.45) is -20.3. The van der Waals surface area contributed by atoms with Gasteiger partial charge in [0.2, 0.25) is 0 Å². The lowest BCUT2D eigenvalue weighted by atomic mass is 9.98. The number of ether oxygens (including phenoxy) is 3. The monoisotopic (exact) mass is 581 g/mol. The van der Waals surface area contributed by atoms with Gasteiger partial charge in [-0.15, -0.1) is 0 Å². The predicted octanol–water partition coefficient (Wildman–Crippen LogP) is -7.56. The smallest absolute Gasteiger partial charge is 0.394 e. The maximum atomic E-state index is 13.9. The molecule has 20 heteroatoms. The number of aliphatic hydroxyl groups is 9. The van der Waals surface area contributed by atoms with Gasteiger partial charge in [-0.2, -0.15) is 0 Å². The molecule has 15 N–H and O–H groups in total. The fourth-order valence-electron chi connectivity index (χ4n) is 4.05. The van der Waals surface area contributed by atoms with Crippen LogP contribution in [0.2, 0.25) is 0 Å². The molecule has 3 rings (SSSR count). The van der Waals surface area contributed by atoms with E-state index >= 15 is 0 Å². The molecular weight excluding hydrogens is 545 g/mol. The first kappa shape index (κ1) is 32.0. The first-order valence-corrected chi connectivity index (χ1v) is 13.0. The number of phosphoric acid groups is 1. The Bertz CT molecular complexity index is 712. The Kier molecular flexibility index (Phi) is 11.0. The third-order valence-electron chi connectivity index (χ3n) is 6.48. The summed E-state index contributed by atoms with van der Waals surface area (Å²) in [5, 5.41) is 89.0. The van der Waals surface area contributed by atoms with Gasteiger partial charge in [-0.05, 0) is 0 Å². The van der Waals surface area contributed by atoms with Gasteiger partial charge in [0.25, 0.3) is 0 Å². The van der Waals surface area contributed by atoms with Gasteiger partial charge >= 0.3 is 7.82 Å². The molecule has 0 aromatic carbocycles. The number of hydrogen-bond donors (Lipinski definition) is 12. The van der Waals surface area contributed by atoms with E-state index in [1.807, 2.05) is 0 Å². The van der Waals surface area contributed by atoms with Crippen molar-refractivity contribution in [3.63, 3.8) is 0 Å². The number of nitrogens with two attached hydrogens (primary N) is 3. The van der Waals surface area contributed by atoms with Crippen molar-refractivity contribution in [2.45, 2.75) is 91.9 Å². The largest absolute Gasteiger partial charge is 0.481 e. The molecule has 3 aliphatic rings. The standard InChI is InChI=1S/C18H36N3O16P/c19-7-13(28)10(25)4(1-22)32-16(7)35-38(31,36-17-8(20)14(29)11(26)5(2-23)33-17)37-18-9(21)15(30)12(27)6(3-24)34-18/h4-18,22-30H,1-3,19-21H2/t4-,5-,6-,7-,8-,9-,10-,11-,12-,13-,14-,15-,16?,17?,18?,38?/m1/s1. The number of aliphatic hydroxyl groups excluding tert-OH is 9. The molecule has 0 aromatic rings. The van der Waals surface area contributed by atoms with E-state index in [1.54, 1.807) is 0 Å². The molecule has 3 heterocycles. The molecule has 3 aliphatic heterocycles. The lowest BCUT2D eigenvalue weighted by molar-refractivity contribution is -0.276. The van der Waals surface area contributed by atoms with Gasteiger partial charge in [0.1, 0.15) is 54.9 Å². The Morgan fingerprint density at radius 2 is 0.763 bits per heavy atom. The fourth-order valence-corrected chi connectivity index (χ4v) is 5.53. The summed E-state index contributed by atoms with van der Waals surface area (Å²) in [7, 11) is -5.22. The first-order valence-electron chi connectivity index (χ1n) is 11.6. The van der Waals surface area contributed by atoms with Gasteiger partial charge in [0, 0.05) is 0 Å². The van der Waals surface area contributed by atoms with Crippen molar-refractivity contribution in [3.8, 4) is 0 Å². The van der Waals surface area contributed by atoms with Crippen molar-refractivity contribution in [1.29, 1.82) is 0 Å². The Morgan fingerprint density at radius 1 is 0.526 bits per heavy atom. The molecule has 0 aromatic heterocycles. The predicted molar refractivity (Wildman–Crippen MR) is 118 cm³/mol. The highest BCUT2D eigenvalue weighted by Gasteiger charge is 2.53. The van der Waals surface area contributed by atoms with Crippen LogP contribution in [-0.2, 0) is 32.3 Å². The van der Waals surface area contributed by atoms with E-state index in [0.717, 1.165) is 0 Å². The second kappa shape index (κ2) is 13.0. The maximum Gasteiger partial charge on any atom is 0.481 e. The molecule has 224 valence electrons. The van der Waals surface area contributed by atoms with Gasteiger partial charge in [-0.1, -0.05) is 0 Å². The third kappa shape index (κ3) is 6.52. The van der Waals surface area contributed by atoms with E-state index in [2.05, 4.69) is 0 Å². The molecule has 0 aliphatic carbocycles. The average Bonchev–Trinajstić information content (AvgIpc) is 2.89. The lowest BCUT2D eigenvalue weighted by Crippen LogP contribution is -2.64. The highest BCUT2D eigenvalue weighted by Crippen LogP contribution is 2.55. The van der Waals surface area contributed by atoms with Crippen LogP contribution in [0.4, 0.5) is 0 Å². The summed E-state index contributed by atoms with van der Waals surface area (Å²) in [4.78, 5) is 0. The highest BCUT2D eigenvalue weighted by molar-refractivity contribution is 7.48. The van der Waals surface area contributed by atoms with Crippen molar-refractivity contribution in [1.82, 2.24) is 0 Å². The molecular formula is C18H36N3O16P. The molecule has 0 saturated carbocycles. The van der Waals surface area contributed by atoms with Crippen LogP contribution in [0, 0.1) is 0 Å².